The number of anilines is 6. The van der Waals surface area contributed by atoms with E-state index in [0.29, 0.717) is 5.56 Å². The summed E-state index contributed by atoms with van der Waals surface area (Å²) < 4.78 is 0. The van der Waals surface area contributed by atoms with Gasteiger partial charge in [0.15, 0.2) is 0 Å². The summed E-state index contributed by atoms with van der Waals surface area (Å²) in [6, 6.07) is 62.1. The molecule has 10 rings (SSSR count). The Morgan fingerprint density at radius 2 is 0.875 bits per heavy atom. The number of aryl methyl sites for hydroxylation is 4. The van der Waals surface area contributed by atoms with Gasteiger partial charge in [0.25, 0.3) is 0 Å². The molecule has 0 fully saturated rings. The van der Waals surface area contributed by atoms with Crippen LogP contribution < -0.4 is 9.80 Å². The molecule has 0 N–H and O–H groups in total. The van der Waals surface area contributed by atoms with E-state index in [0.717, 1.165) is 75.8 Å². The van der Waals surface area contributed by atoms with E-state index >= 15 is 0 Å². The van der Waals surface area contributed by atoms with Crippen LogP contribution in [-0.2, 0) is 25.7 Å². The molecule has 0 unspecified atom stereocenters. The van der Waals surface area contributed by atoms with Crippen LogP contribution in [0.5, 0.6) is 0 Å². The minimum absolute atomic E-state index is 0.689. The lowest BCUT2D eigenvalue weighted by atomic mass is 9.90. The summed E-state index contributed by atoms with van der Waals surface area (Å²) in [4.78, 5) is 4.83. The van der Waals surface area contributed by atoms with Crippen molar-refractivity contribution in [2.24, 2.45) is 0 Å². The van der Waals surface area contributed by atoms with Gasteiger partial charge in [-0.15, -0.1) is 0 Å². The van der Waals surface area contributed by atoms with Crippen LogP contribution in [0.4, 0.5) is 34.1 Å². The van der Waals surface area contributed by atoms with Gasteiger partial charge in [0.2, 0.25) is 0 Å². The first kappa shape index (κ1) is 40.6. The minimum atomic E-state index is 0.689. The van der Waals surface area contributed by atoms with Crippen LogP contribution in [0.15, 0.2) is 164 Å². The molecule has 8 aromatic carbocycles. The van der Waals surface area contributed by atoms with Gasteiger partial charge < -0.3 is 9.80 Å². The van der Waals surface area contributed by atoms with Crippen LogP contribution in [-0.4, -0.2) is 0 Å². The first-order valence-electron chi connectivity index (χ1n) is 23.0. The fourth-order valence-corrected chi connectivity index (χ4v) is 9.76. The molecule has 312 valence electrons. The first-order valence-corrected chi connectivity index (χ1v) is 23.0. The lowest BCUT2D eigenvalue weighted by Crippen LogP contribution is -2.15. The van der Waals surface area contributed by atoms with Gasteiger partial charge in [-0.25, -0.2) is 0 Å². The first-order chi connectivity index (χ1) is 31.5. The Labute approximate surface area is 378 Å². The van der Waals surface area contributed by atoms with E-state index in [-0.39, 0.29) is 0 Å². The lowest BCUT2D eigenvalue weighted by molar-refractivity contribution is 0.686. The molecule has 0 amide bonds. The van der Waals surface area contributed by atoms with Crippen molar-refractivity contribution in [3.05, 3.63) is 225 Å². The molecule has 2 aliphatic rings. The maximum absolute atomic E-state index is 10.4. The molecule has 8 aromatic rings. The molecule has 2 aliphatic carbocycles. The maximum Gasteiger partial charge on any atom is 0.100 e. The van der Waals surface area contributed by atoms with Crippen LogP contribution in [0.25, 0.3) is 35.1 Å². The molecule has 0 atom stereocenters. The summed E-state index contributed by atoms with van der Waals surface area (Å²) in [5.41, 5.74) is 20.5. The van der Waals surface area contributed by atoms with E-state index in [1.807, 2.05) is 0 Å². The van der Waals surface area contributed by atoms with Crippen LogP contribution in [0.3, 0.4) is 0 Å². The van der Waals surface area contributed by atoms with Crippen molar-refractivity contribution in [1.29, 1.82) is 5.26 Å². The van der Waals surface area contributed by atoms with E-state index in [1.54, 1.807) is 0 Å². The zero-order valence-electron chi connectivity index (χ0n) is 36.9. The summed E-state index contributed by atoms with van der Waals surface area (Å²) in [5, 5.41) is 12.4. The van der Waals surface area contributed by atoms with Crippen molar-refractivity contribution < 1.29 is 0 Å². The van der Waals surface area contributed by atoms with E-state index in [1.165, 1.54) is 76.1 Å². The molecule has 0 saturated heterocycles. The molecule has 0 spiro atoms. The highest BCUT2D eigenvalue weighted by atomic mass is 15.1. The predicted molar refractivity (Wildman–Crippen MR) is 272 cm³/mol. The van der Waals surface area contributed by atoms with Crippen molar-refractivity contribution in [2.45, 2.75) is 65.2 Å². The van der Waals surface area contributed by atoms with Crippen molar-refractivity contribution in [3.8, 4) is 6.07 Å². The molecule has 64 heavy (non-hydrogen) atoms. The second-order valence-electron chi connectivity index (χ2n) is 17.6. The van der Waals surface area contributed by atoms with Gasteiger partial charge in [0.05, 0.1) is 5.56 Å². The average Bonchev–Trinajstić information content (AvgIpc) is 3.34. The van der Waals surface area contributed by atoms with Crippen LogP contribution in [0.1, 0.15) is 86.9 Å². The van der Waals surface area contributed by atoms with E-state index in [9.17, 15) is 5.26 Å². The Balaban J connectivity index is 0.874. The monoisotopic (exact) mass is 827 g/mol. The van der Waals surface area contributed by atoms with Crippen molar-refractivity contribution in [3.63, 3.8) is 0 Å². The average molecular weight is 828 g/mol. The summed E-state index contributed by atoms with van der Waals surface area (Å²) in [5.74, 6) is 0. The standard InChI is InChI=1S/C61H53N3/c1-43-17-32-52(33-18-43)63(60-15-7-11-48-9-3-5-13-57(48)60)54-36-24-45(25-37-54)21-22-47-28-40-56-51(41-47)31-30-50(59(56)42-62)29-23-46-26-38-55(39-27-46)64(53-34-19-44(2)20-35-53)61-16-8-12-49-10-4-6-14-58(49)61/h7-8,11-12,15-41H,3-6,9-10,13-14H2,1-2H3/b22-21-,29-23-. The quantitative estimate of drug-likeness (QED) is 0.129. The number of nitrogens with zero attached hydrogens (tertiary/aromatic N) is 3. The third kappa shape index (κ3) is 8.40. The largest absolute Gasteiger partial charge is 0.310 e. The Morgan fingerprint density at radius 3 is 1.38 bits per heavy atom. The molecule has 0 aliphatic heterocycles. The fourth-order valence-electron chi connectivity index (χ4n) is 9.76. The Kier molecular flexibility index (Phi) is 11.5. The third-order valence-electron chi connectivity index (χ3n) is 13.2. The van der Waals surface area contributed by atoms with Crippen LogP contribution in [0.2, 0.25) is 0 Å². The second kappa shape index (κ2) is 18.1. The number of nitriles is 1. The molecular formula is C61H53N3. The van der Waals surface area contributed by atoms with Crippen molar-refractivity contribution in [2.75, 3.05) is 9.80 Å². The van der Waals surface area contributed by atoms with Gasteiger partial charge in [-0.3, -0.25) is 0 Å². The number of benzene rings is 8. The molecular weight excluding hydrogens is 775 g/mol. The molecule has 0 radical (unpaired) electrons. The number of rotatable bonds is 10. The second-order valence-corrected chi connectivity index (χ2v) is 17.6. The summed E-state index contributed by atoms with van der Waals surface area (Å²) in [7, 11) is 0. The van der Waals surface area contributed by atoms with E-state index in [4.69, 9.17) is 0 Å². The van der Waals surface area contributed by atoms with Gasteiger partial charge in [-0.1, -0.05) is 132 Å². The number of hydrogen-bond acceptors (Lipinski definition) is 3. The van der Waals surface area contributed by atoms with E-state index in [2.05, 4.69) is 218 Å². The Morgan fingerprint density at radius 1 is 0.438 bits per heavy atom. The number of hydrogen-bond donors (Lipinski definition) is 0. The molecule has 0 bridgehead atoms. The van der Waals surface area contributed by atoms with E-state index < -0.39 is 0 Å². The summed E-state index contributed by atoms with van der Waals surface area (Å²) in [6.45, 7) is 4.28. The number of fused-ring (bicyclic) bond motifs is 3. The summed E-state index contributed by atoms with van der Waals surface area (Å²) in [6.07, 6.45) is 18.0. The highest BCUT2D eigenvalue weighted by Gasteiger charge is 2.22. The van der Waals surface area contributed by atoms with Gasteiger partial charge in [-0.2, -0.15) is 5.26 Å². The van der Waals surface area contributed by atoms with Gasteiger partial charge in [0, 0.05) is 39.5 Å². The molecule has 0 saturated carbocycles. The highest BCUT2D eigenvalue weighted by Crippen LogP contribution is 2.42. The summed E-state index contributed by atoms with van der Waals surface area (Å²) >= 11 is 0. The Hall–Kier alpha value is -7.41. The van der Waals surface area contributed by atoms with Gasteiger partial charge in [-0.05, 0) is 182 Å². The van der Waals surface area contributed by atoms with Crippen molar-refractivity contribution >= 4 is 69.2 Å². The van der Waals surface area contributed by atoms with Gasteiger partial charge in [0.1, 0.15) is 6.07 Å². The molecule has 0 aromatic heterocycles. The maximum atomic E-state index is 10.4. The Bertz CT molecular complexity index is 3060. The normalized spacial score (nSPS) is 13.5. The molecule has 3 heteroatoms. The highest BCUT2D eigenvalue weighted by molar-refractivity contribution is 5.94. The fraction of sp³-hybridized carbons (Fsp3) is 0.164. The van der Waals surface area contributed by atoms with Crippen molar-refractivity contribution in [1.82, 2.24) is 0 Å². The van der Waals surface area contributed by atoms with Gasteiger partial charge >= 0.3 is 0 Å². The molecule has 0 heterocycles. The molecule has 3 nitrogen and oxygen atoms in total. The third-order valence-corrected chi connectivity index (χ3v) is 13.2. The SMILES string of the molecule is Cc1ccc(N(c2ccc(/C=C\c3ccc4c(C#N)c(/C=C\c5ccc(N(c6ccc(C)cc6)c6cccc7c6CCCC7)cc5)ccc4c3)cc2)c2cccc3c2CCCC3)cc1. The zero-order chi connectivity index (χ0) is 43.4. The topological polar surface area (TPSA) is 30.3 Å². The minimum Gasteiger partial charge on any atom is -0.310 e. The lowest BCUT2D eigenvalue weighted by Gasteiger charge is -2.30. The predicted octanol–water partition coefficient (Wildman–Crippen LogP) is 16.4. The smallest absolute Gasteiger partial charge is 0.100 e. The zero-order valence-corrected chi connectivity index (χ0v) is 36.9. The van der Waals surface area contributed by atoms with Crippen LogP contribution in [0, 0.1) is 25.2 Å². The van der Waals surface area contributed by atoms with Crippen LogP contribution >= 0.6 is 0 Å².